The summed E-state index contributed by atoms with van der Waals surface area (Å²) in [7, 11) is 0. The van der Waals surface area contributed by atoms with Gasteiger partial charge in [0.25, 0.3) is 0 Å². The predicted octanol–water partition coefficient (Wildman–Crippen LogP) is 5.57. The molecular formula is C24H30Cl2N2O2. The molecule has 0 bridgehead atoms. The van der Waals surface area contributed by atoms with Gasteiger partial charge in [0.1, 0.15) is 6.04 Å². The van der Waals surface area contributed by atoms with E-state index in [2.05, 4.69) is 5.32 Å². The van der Waals surface area contributed by atoms with E-state index in [0.717, 1.165) is 11.1 Å². The van der Waals surface area contributed by atoms with Crippen molar-refractivity contribution in [3.8, 4) is 0 Å². The standard InChI is InChI=1S/C24H30Cl2N2O2/c1-6-21(23(30)27-24(3,4)5)28(15-17-11-8-7-10-16(17)2)22(29)14-18-19(25)12-9-13-20(18)26/h7-13,21H,6,14-15H2,1-5H3,(H,27,30)/t21-/m1/s1. The zero-order valence-corrected chi connectivity index (χ0v) is 19.8. The Kier molecular flexibility index (Phi) is 8.34. The summed E-state index contributed by atoms with van der Waals surface area (Å²) >= 11 is 12.6. The molecule has 162 valence electrons. The number of carbonyl (C=O) groups excluding carboxylic acids is 2. The molecule has 0 spiro atoms. The molecule has 1 atom stereocenters. The number of amides is 2. The second-order valence-electron chi connectivity index (χ2n) is 8.49. The molecule has 0 unspecified atom stereocenters. The second kappa shape index (κ2) is 10.3. The largest absolute Gasteiger partial charge is 0.350 e. The number of halogens is 2. The number of hydrogen-bond donors (Lipinski definition) is 1. The molecule has 2 rings (SSSR count). The third-order valence-corrected chi connectivity index (χ3v) is 5.58. The average Bonchev–Trinajstić information content (AvgIpc) is 2.64. The van der Waals surface area contributed by atoms with Crippen LogP contribution in [0.2, 0.25) is 10.0 Å². The van der Waals surface area contributed by atoms with Crippen molar-refractivity contribution in [2.24, 2.45) is 0 Å². The van der Waals surface area contributed by atoms with Crippen molar-refractivity contribution >= 4 is 35.0 Å². The lowest BCUT2D eigenvalue weighted by Gasteiger charge is -2.33. The molecule has 0 saturated heterocycles. The first-order valence-corrected chi connectivity index (χ1v) is 10.9. The summed E-state index contributed by atoms with van der Waals surface area (Å²) in [4.78, 5) is 28.1. The molecule has 0 aromatic heterocycles. The van der Waals surface area contributed by atoms with Crippen molar-refractivity contribution in [3.63, 3.8) is 0 Å². The Balaban J connectivity index is 2.40. The van der Waals surface area contributed by atoms with Gasteiger partial charge in [-0.05, 0) is 62.9 Å². The Morgan fingerprint density at radius 3 is 2.17 bits per heavy atom. The van der Waals surface area contributed by atoms with E-state index in [1.807, 2.05) is 58.9 Å². The summed E-state index contributed by atoms with van der Waals surface area (Å²) in [5.74, 6) is -0.360. The van der Waals surface area contributed by atoms with Crippen LogP contribution in [0.15, 0.2) is 42.5 Å². The Hall–Kier alpha value is -2.04. The van der Waals surface area contributed by atoms with Gasteiger partial charge in [0.2, 0.25) is 11.8 Å². The van der Waals surface area contributed by atoms with Gasteiger partial charge in [-0.2, -0.15) is 0 Å². The van der Waals surface area contributed by atoms with Crippen LogP contribution >= 0.6 is 23.2 Å². The van der Waals surface area contributed by atoms with Crippen LogP contribution in [-0.4, -0.2) is 28.3 Å². The van der Waals surface area contributed by atoms with E-state index < -0.39 is 11.6 Å². The van der Waals surface area contributed by atoms with E-state index >= 15 is 0 Å². The number of hydrogen-bond acceptors (Lipinski definition) is 2. The molecular weight excluding hydrogens is 419 g/mol. The van der Waals surface area contributed by atoms with Crippen LogP contribution in [0.3, 0.4) is 0 Å². The number of benzene rings is 2. The van der Waals surface area contributed by atoms with E-state index in [-0.39, 0.29) is 18.2 Å². The molecule has 0 aliphatic carbocycles. The van der Waals surface area contributed by atoms with Crippen molar-refractivity contribution in [2.75, 3.05) is 0 Å². The van der Waals surface area contributed by atoms with Gasteiger partial charge in [0.15, 0.2) is 0 Å². The van der Waals surface area contributed by atoms with Gasteiger partial charge in [-0.1, -0.05) is 60.5 Å². The second-order valence-corrected chi connectivity index (χ2v) is 9.30. The quantitative estimate of drug-likeness (QED) is 0.601. The third kappa shape index (κ3) is 6.48. The fraction of sp³-hybridized carbons (Fsp3) is 0.417. The fourth-order valence-electron chi connectivity index (χ4n) is 3.30. The monoisotopic (exact) mass is 448 g/mol. The molecule has 0 fully saturated rings. The van der Waals surface area contributed by atoms with E-state index in [1.165, 1.54) is 0 Å². The zero-order valence-electron chi connectivity index (χ0n) is 18.3. The normalized spacial score (nSPS) is 12.4. The van der Waals surface area contributed by atoms with Crippen molar-refractivity contribution in [1.82, 2.24) is 10.2 Å². The highest BCUT2D eigenvalue weighted by atomic mass is 35.5. The smallest absolute Gasteiger partial charge is 0.243 e. The number of rotatable bonds is 7. The van der Waals surface area contributed by atoms with E-state index in [1.54, 1.807) is 23.1 Å². The first kappa shape index (κ1) is 24.2. The maximum Gasteiger partial charge on any atom is 0.243 e. The van der Waals surface area contributed by atoms with Gasteiger partial charge in [0, 0.05) is 22.1 Å². The van der Waals surface area contributed by atoms with Crippen molar-refractivity contribution in [1.29, 1.82) is 0 Å². The molecule has 6 heteroatoms. The molecule has 0 radical (unpaired) electrons. The van der Waals surface area contributed by atoms with Gasteiger partial charge in [-0.15, -0.1) is 0 Å². The maximum absolute atomic E-state index is 13.4. The summed E-state index contributed by atoms with van der Waals surface area (Å²) in [6.07, 6.45) is 0.527. The molecule has 0 aliphatic heterocycles. The highest BCUT2D eigenvalue weighted by molar-refractivity contribution is 6.36. The SMILES string of the molecule is CC[C@H](C(=O)NC(C)(C)C)N(Cc1ccccc1C)C(=O)Cc1c(Cl)cccc1Cl. The minimum atomic E-state index is -0.599. The van der Waals surface area contributed by atoms with Crippen molar-refractivity contribution in [3.05, 3.63) is 69.2 Å². The van der Waals surface area contributed by atoms with E-state index in [0.29, 0.717) is 28.6 Å². The van der Waals surface area contributed by atoms with Crippen molar-refractivity contribution < 1.29 is 9.59 Å². The van der Waals surface area contributed by atoms with Gasteiger partial charge >= 0.3 is 0 Å². The topological polar surface area (TPSA) is 49.4 Å². The Labute approximate surface area is 189 Å². The lowest BCUT2D eigenvalue weighted by molar-refractivity contribution is -0.141. The highest BCUT2D eigenvalue weighted by Gasteiger charge is 2.31. The molecule has 4 nitrogen and oxygen atoms in total. The Morgan fingerprint density at radius 2 is 1.63 bits per heavy atom. The zero-order chi connectivity index (χ0) is 22.5. The summed E-state index contributed by atoms with van der Waals surface area (Å²) in [5.41, 5.74) is 2.25. The van der Waals surface area contributed by atoms with E-state index in [9.17, 15) is 9.59 Å². The summed E-state index contributed by atoms with van der Waals surface area (Å²) < 4.78 is 0. The third-order valence-electron chi connectivity index (χ3n) is 4.88. The first-order valence-electron chi connectivity index (χ1n) is 10.1. The van der Waals surface area contributed by atoms with Crippen LogP contribution in [-0.2, 0) is 22.6 Å². The maximum atomic E-state index is 13.4. The lowest BCUT2D eigenvalue weighted by Crippen LogP contribution is -2.53. The number of nitrogens with one attached hydrogen (secondary N) is 1. The Morgan fingerprint density at radius 1 is 1.03 bits per heavy atom. The molecule has 2 aromatic rings. The van der Waals surface area contributed by atoms with Crippen LogP contribution in [0, 0.1) is 6.92 Å². The molecule has 0 aliphatic rings. The molecule has 30 heavy (non-hydrogen) atoms. The van der Waals surface area contributed by atoms with Gasteiger partial charge < -0.3 is 10.2 Å². The van der Waals surface area contributed by atoms with Crippen LogP contribution in [0.25, 0.3) is 0 Å². The van der Waals surface area contributed by atoms with E-state index in [4.69, 9.17) is 23.2 Å². The molecule has 2 amide bonds. The van der Waals surface area contributed by atoms with Crippen LogP contribution in [0.4, 0.5) is 0 Å². The summed E-state index contributed by atoms with van der Waals surface area (Å²) in [6.45, 7) is 10.0. The predicted molar refractivity (Wildman–Crippen MR) is 124 cm³/mol. The average molecular weight is 449 g/mol. The van der Waals surface area contributed by atoms with Gasteiger partial charge in [-0.3, -0.25) is 9.59 Å². The molecule has 1 N–H and O–H groups in total. The number of nitrogens with zero attached hydrogens (tertiary/aromatic N) is 1. The van der Waals surface area contributed by atoms with Gasteiger partial charge in [0.05, 0.1) is 6.42 Å². The lowest BCUT2D eigenvalue weighted by atomic mass is 10.0. The fourth-order valence-corrected chi connectivity index (χ4v) is 3.83. The molecule has 0 saturated carbocycles. The Bertz CT molecular complexity index is 886. The molecule has 0 heterocycles. The number of carbonyl (C=O) groups is 2. The first-order chi connectivity index (χ1) is 14.0. The minimum Gasteiger partial charge on any atom is -0.350 e. The van der Waals surface area contributed by atoms with Crippen molar-refractivity contribution in [2.45, 2.75) is 65.6 Å². The van der Waals surface area contributed by atoms with Crippen LogP contribution in [0.1, 0.15) is 50.8 Å². The van der Waals surface area contributed by atoms with Gasteiger partial charge in [-0.25, -0.2) is 0 Å². The minimum absolute atomic E-state index is 0.0314. The molecule has 2 aromatic carbocycles. The summed E-state index contributed by atoms with van der Waals surface area (Å²) in [5, 5.41) is 3.89. The highest BCUT2D eigenvalue weighted by Crippen LogP contribution is 2.26. The van der Waals surface area contributed by atoms with Crippen LogP contribution < -0.4 is 5.32 Å². The summed E-state index contributed by atoms with van der Waals surface area (Å²) in [6, 6.07) is 12.4. The number of aryl methyl sites for hydroxylation is 1. The van der Waals surface area contributed by atoms with Crippen LogP contribution in [0.5, 0.6) is 0 Å².